The highest BCUT2D eigenvalue weighted by Gasteiger charge is 2.19. The van der Waals surface area contributed by atoms with Crippen LogP contribution >= 0.6 is 0 Å². The summed E-state index contributed by atoms with van der Waals surface area (Å²) in [5.74, 6) is 1.20. The van der Waals surface area contributed by atoms with Crippen molar-refractivity contribution in [1.82, 2.24) is 14.6 Å². The number of hydrogen-bond acceptors (Lipinski definition) is 6. The minimum absolute atomic E-state index is 0.309. The summed E-state index contributed by atoms with van der Waals surface area (Å²) in [4.78, 5) is 15.5. The van der Waals surface area contributed by atoms with Gasteiger partial charge in [0.15, 0.2) is 11.5 Å². The highest BCUT2D eigenvalue weighted by atomic mass is 32.2. The lowest BCUT2D eigenvalue weighted by molar-refractivity contribution is 0.0948. The van der Waals surface area contributed by atoms with Crippen LogP contribution in [0.5, 0.6) is 17.2 Å². The molecule has 0 fully saturated rings. The van der Waals surface area contributed by atoms with Gasteiger partial charge in [0.1, 0.15) is 11.4 Å². The normalized spacial score (nSPS) is 11.6. The van der Waals surface area contributed by atoms with Crippen LogP contribution in [-0.4, -0.2) is 71.3 Å². The number of nitrogens with zero attached hydrogens (tertiary/aromatic N) is 1. The predicted molar refractivity (Wildman–Crippen MR) is 102 cm³/mol. The van der Waals surface area contributed by atoms with Crippen LogP contribution in [0, 0.1) is 0 Å². The number of fused-ring (bicyclic) bond motifs is 1. The molecule has 150 valence electrons. The number of H-pyrrole nitrogens is 1. The predicted octanol–water partition coefficient (Wildman–Crippen LogP) is 1.21. The number of methoxy groups -OCH3 is 3. The first-order valence-electron chi connectivity index (χ1n) is 8.24. The van der Waals surface area contributed by atoms with E-state index in [4.69, 9.17) is 14.2 Å². The average Bonchev–Trinajstić information content (AvgIpc) is 3.07. The molecule has 0 aliphatic rings. The summed E-state index contributed by atoms with van der Waals surface area (Å²) in [6.07, 6.45) is 1.64. The standard InChI is InChI=1S/C17H25N3O6S/c1-20(27(5,22)23)8-6-7-18-17(21)12-9-11-13(24-2)10-14(25-3)16(26-4)15(11)19-12/h9-10,19H,6-8H2,1-5H3,(H,18,21). The fraction of sp³-hybridized carbons (Fsp3) is 0.471. The van der Waals surface area contributed by atoms with E-state index in [1.807, 2.05) is 0 Å². The summed E-state index contributed by atoms with van der Waals surface area (Å²) in [6.45, 7) is 0.663. The molecule has 0 unspecified atom stereocenters. The smallest absolute Gasteiger partial charge is 0.267 e. The first kappa shape index (κ1) is 20.8. The van der Waals surface area contributed by atoms with Gasteiger partial charge in [-0.05, 0) is 12.5 Å². The van der Waals surface area contributed by atoms with Gasteiger partial charge in [-0.1, -0.05) is 0 Å². The van der Waals surface area contributed by atoms with Crippen molar-refractivity contribution in [3.8, 4) is 17.2 Å². The second-order valence-electron chi connectivity index (χ2n) is 5.98. The molecule has 0 saturated carbocycles. The van der Waals surface area contributed by atoms with Crippen molar-refractivity contribution in [2.24, 2.45) is 0 Å². The number of sulfonamides is 1. The van der Waals surface area contributed by atoms with Crippen molar-refractivity contribution in [1.29, 1.82) is 0 Å². The van der Waals surface area contributed by atoms with Crippen LogP contribution in [0.25, 0.3) is 10.9 Å². The number of benzene rings is 1. The van der Waals surface area contributed by atoms with Crippen molar-refractivity contribution >= 4 is 26.8 Å². The third-order valence-corrected chi connectivity index (χ3v) is 5.50. The van der Waals surface area contributed by atoms with Gasteiger partial charge in [-0.15, -0.1) is 0 Å². The Morgan fingerprint density at radius 1 is 1.15 bits per heavy atom. The van der Waals surface area contributed by atoms with Gasteiger partial charge in [0, 0.05) is 31.6 Å². The number of hydrogen-bond donors (Lipinski definition) is 2. The Kier molecular flexibility index (Phi) is 6.55. The van der Waals surface area contributed by atoms with E-state index in [0.29, 0.717) is 53.4 Å². The van der Waals surface area contributed by atoms with Gasteiger partial charge in [0.25, 0.3) is 5.91 Å². The lowest BCUT2D eigenvalue weighted by atomic mass is 10.2. The number of aromatic amines is 1. The van der Waals surface area contributed by atoms with E-state index >= 15 is 0 Å². The summed E-state index contributed by atoms with van der Waals surface area (Å²) in [5, 5.41) is 3.46. The van der Waals surface area contributed by atoms with E-state index < -0.39 is 10.0 Å². The van der Waals surface area contributed by atoms with Crippen LogP contribution in [0.2, 0.25) is 0 Å². The summed E-state index contributed by atoms with van der Waals surface area (Å²) < 4.78 is 40.0. The number of carbonyl (C=O) groups is 1. The number of carbonyl (C=O) groups excluding carboxylic acids is 1. The largest absolute Gasteiger partial charge is 0.496 e. The zero-order chi connectivity index (χ0) is 20.2. The molecule has 2 aromatic rings. The SMILES string of the molecule is COc1cc(OC)c2cc(C(=O)NCCCN(C)S(C)(=O)=O)[nH]c2c1OC. The van der Waals surface area contributed by atoms with Crippen molar-refractivity contribution in [3.05, 3.63) is 17.8 Å². The Labute approximate surface area is 158 Å². The summed E-state index contributed by atoms with van der Waals surface area (Å²) >= 11 is 0. The zero-order valence-electron chi connectivity index (χ0n) is 16.1. The van der Waals surface area contributed by atoms with Crippen LogP contribution in [0.4, 0.5) is 0 Å². The molecule has 0 aliphatic carbocycles. The lowest BCUT2D eigenvalue weighted by Crippen LogP contribution is -2.31. The molecule has 1 aromatic heterocycles. The Balaban J connectivity index is 2.15. The number of aromatic nitrogens is 1. The highest BCUT2D eigenvalue weighted by Crippen LogP contribution is 2.41. The van der Waals surface area contributed by atoms with Crippen molar-refractivity contribution < 1.29 is 27.4 Å². The minimum atomic E-state index is -3.22. The monoisotopic (exact) mass is 399 g/mol. The molecule has 1 heterocycles. The lowest BCUT2D eigenvalue weighted by Gasteiger charge is -2.13. The molecule has 9 nitrogen and oxygen atoms in total. The molecule has 10 heteroatoms. The van der Waals surface area contributed by atoms with Crippen molar-refractivity contribution in [2.75, 3.05) is 47.7 Å². The van der Waals surface area contributed by atoms with E-state index in [9.17, 15) is 13.2 Å². The van der Waals surface area contributed by atoms with Crippen LogP contribution in [0.3, 0.4) is 0 Å². The van der Waals surface area contributed by atoms with Crippen LogP contribution in [0.1, 0.15) is 16.9 Å². The number of nitrogens with one attached hydrogen (secondary N) is 2. The summed E-state index contributed by atoms with van der Waals surface area (Å²) in [7, 11) is 2.85. The molecular weight excluding hydrogens is 374 g/mol. The molecule has 0 saturated heterocycles. The molecule has 1 aromatic carbocycles. The number of rotatable bonds is 9. The van der Waals surface area contributed by atoms with Gasteiger partial charge in [-0.2, -0.15) is 0 Å². The zero-order valence-corrected chi connectivity index (χ0v) is 16.9. The number of ether oxygens (including phenoxy) is 3. The van der Waals surface area contributed by atoms with Crippen LogP contribution in [0.15, 0.2) is 12.1 Å². The Morgan fingerprint density at radius 2 is 1.81 bits per heavy atom. The highest BCUT2D eigenvalue weighted by molar-refractivity contribution is 7.88. The fourth-order valence-electron chi connectivity index (χ4n) is 2.62. The van der Waals surface area contributed by atoms with Gasteiger partial charge in [0.05, 0.1) is 33.1 Å². The van der Waals surface area contributed by atoms with Gasteiger partial charge in [0.2, 0.25) is 10.0 Å². The molecule has 2 N–H and O–H groups in total. The first-order valence-corrected chi connectivity index (χ1v) is 10.1. The molecule has 0 spiro atoms. The molecule has 0 aliphatic heterocycles. The third-order valence-electron chi connectivity index (χ3n) is 4.19. The molecule has 1 amide bonds. The van der Waals surface area contributed by atoms with Gasteiger partial charge in [-0.25, -0.2) is 12.7 Å². The molecule has 0 atom stereocenters. The number of amides is 1. The van der Waals surface area contributed by atoms with E-state index in [-0.39, 0.29) is 5.91 Å². The third kappa shape index (κ3) is 4.64. The van der Waals surface area contributed by atoms with Crippen LogP contribution in [-0.2, 0) is 10.0 Å². The molecule has 2 rings (SSSR count). The quantitative estimate of drug-likeness (QED) is 0.613. The maximum absolute atomic E-state index is 12.4. The Hall–Kier alpha value is -2.46. The van der Waals surface area contributed by atoms with Crippen molar-refractivity contribution in [3.63, 3.8) is 0 Å². The maximum atomic E-state index is 12.4. The fourth-order valence-corrected chi connectivity index (χ4v) is 3.08. The van der Waals surface area contributed by atoms with E-state index in [2.05, 4.69) is 10.3 Å². The van der Waals surface area contributed by atoms with E-state index in [1.54, 1.807) is 12.1 Å². The Bertz CT molecular complexity index is 922. The van der Waals surface area contributed by atoms with Gasteiger partial charge < -0.3 is 24.5 Å². The Morgan fingerprint density at radius 3 is 2.37 bits per heavy atom. The van der Waals surface area contributed by atoms with E-state index in [1.165, 1.54) is 32.7 Å². The van der Waals surface area contributed by atoms with Gasteiger partial charge >= 0.3 is 0 Å². The van der Waals surface area contributed by atoms with Gasteiger partial charge in [-0.3, -0.25) is 4.79 Å². The molecule has 0 bridgehead atoms. The molecule has 0 radical (unpaired) electrons. The van der Waals surface area contributed by atoms with Crippen molar-refractivity contribution in [2.45, 2.75) is 6.42 Å². The molecule has 27 heavy (non-hydrogen) atoms. The van der Waals surface area contributed by atoms with Crippen LogP contribution < -0.4 is 19.5 Å². The summed E-state index contributed by atoms with van der Waals surface area (Å²) in [6, 6.07) is 3.37. The minimum Gasteiger partial charge on any atom is -0.496 e. The summed E-state index contributed by atoms with van der Waals surface area (Å²) in [5.41, 5.74) is 0.932. The second-order valence-corrected chi connectivity index (χ2v) is 8.07. The maximum Gasteiger partial charge on any atom is 0.267 e. The van der Waals surface area contributed by atoms with E-state index in [0.717, 1.165) is 6.26 Å². The first-order chi connectivity index (χ1) is 12.7. The second kappa shape index (κ2) is 8.49. The topological polar surface area (TPSA) is 110 Å². The molecular formula is C17H25N3O6S. The average molecular weight is 399 g/mol.